The molecule has 0 amide bonds. The third-order valence-electron chi connectivity index (χ3n) is 3.51. The molecule has 21 heavy (non-hydrogen) atoms. The number of nitrogens with zero attached hydrogens (tertiary/aromatic N) is 1. The van der Waals surface area contributed by atoms with Gasteiger partial charge in [-0.1, -0.05) is 18.2 Å². The predicted octanol–water partition coefficient (Wildman–Crippen LogP) is 1.29. The molecule has 0 saturated heterocycles. The van der Waals surface area contributed by atoms with Gasteiger partial charge in [0.15, 0.2) is 0 Å². The molecule has 1 aliphatic heterocycles. The standard InChI is InChI=1S/C16H21NO4/c18-10-4-8-16(11-13(20)12-19)15(7-9-17-16)21-14-5-2-1-3-6-14/h1-3,5-7,9,13,18-20H,4,8,10-12H2. The Morgan fingerprint density at radius 1 is 1.19 bits per heavy atom. The average molecular weight is 291 g/mol. The Kier molecular flexibility index (Phi) is 5.50. The summed E-state index contributed by atoms with van der Waals surface area (Å²) < 4.78 is 5.90. The summed E-state index contributed by atoms with van der Waals surface area (Å²) in [4.78, 5) is 4.45. The molecule has 0 aromatic heterocycles. The number of hydrogen-bond acceptors (Lipinski definition) is 5. The number of aliphatic hydroxyl groups excluding tert-OH is 3. The number of aliphatic imine (C=N–C) groups is 1. The molecule has 0 spiro atoms. The monoisotopic (exact) mass is 291 g/mol. The Morgan fingerprint density at radius 3 is 2.62 bits per heavy atom. The molecule has 1 aromatic rings. The van der Waals surface area contributed by atoms with Gasteiger partial charge in [0.25, 0.3) is 0 Å². The largest absolute Gasteiger partial charge is 0.459 e. The second kappa shape index (κ2) is 7.36. The van der Waals surface area contributed by atoms with Crippen LogP contribution in [0.2, 0.25) is 0 Å². The topological polar surface area (TPSA) is 82.3 Å². The first kappa shape index (κ1) is 15.7. The summed E-state index contributed by atoms with van der Waals surface area (Å²) in [6.07, 6.45) is 3.91. The van der Waals surface area contributed by atoms with Crippen LogP contribution in [0.3, 0.4) is 0 Å². The van der Waals surface area contributed by atoms with Crippen molar-refractivity contribution in [3.05, 3.63) is 42.2 Å². The molecule has 5 nitrogen and oxygen atoms in total. The Hall–Kier alpha value is -1.69. The van der Waals surface area contributed by atoms with Gasteiger partial charge in [0.1, 0.15) is 17.0 Å². The second-order valence-corrected chi connectivity index (χ2v) is 5.12. The molecule has 2 rings (SSSR count). The molecular formula is C16H21NO4. The number of benzene rings is 1. The Labute approximate surface area is 124 Å². The van der Waals surface area contributed by atoms with Gasteiger partial charge >= 0.3 is 0 Å². The highest BCUT2D eigenvalue weighted by Crippen LogP contribution is 2.36. The van der Waals surface area contributed by atoms with E-state index in [0.29, 0.717) is 24.4 Å². The second-order valence-electron chi connectivity index (χ2n) is 5.12. The van der Waals surface area contributed by atoms with Gasteiger partial charge in [0.2, 0.25) is 0 Å². The zero-order valence-corrected chi connectivity index (χ0v) is 11.9. The van der Waals surface area contributed by atoms with Crippen LogP contribution in [0, 0.1) is 0 Å². The SMILES string of the molecule is OCCCC1(CC(O)CO)N=CC=C1Oc1ccccc1. The third-order valence-corrected chi connectivity index (χ3v) is 3.51. The third kappa shape index (κ3) is 3.91. The van der Waals surface area contributed by atoms with Gasteiger partial charge in [-0.15, -0.1) is 0 Å². The van der Waals surface area contributed by atoms with E-state index >= 15 is 0 Å². The molecule has 0 radical (unpaired) electrons. The molecule has 2 atom stereocenters. The van der Waals surface area contributed by atoms with E-state index < -0.39 is 11.6 Å². The van der Waals surface area contributed by atoms with E-state index in [-0.39, 0.29) is 19.6 Å². The van der Waals surface area contributed by atoms with E-state index in [1.165, 1.54) is 0 Å². The minimum absolute atomic E-state index is 0.0467. The number of allylic oxidation sites excluding steroid dienone is 1. The molecular weight excluding hydrogens is 270 g/mol. The first-order chi connectivity index (χ1) is 10.2. The summed E-state index contributed by atoms with van der Waals surface area (Å²) in [5.74, 6) is 1.33. The van der Waals surface area contributed by atoms with Crippen LogP contribution in [-0.2, 0) is 0 Å². The molecule has 1 aromatic carbocycles. The molecule has 0 bridgehead atoms. The van der Waals surface area contributed by atoms with Crippen molar-refractivity contribution in [2.24, 2.45) is 4.99 Å². The summed E-state index contributed by atoms with van der Waals surface area (Å²) >= 11 is 0. The minimum Gasteiger partial charge on any atom is -0.459 e. The molecule has 3 N–H and O–H groups in total. The maximum atomic E-state index is 9.80. The highest BCUT2D eigenvalue weighted by Gasteiger charge is 2.39. The van der Waals surface area contributed by atoms with Crippen LogP contribution >= 0.6 is 0 Å². The molecule has 1 heterocycles. The van der Waals surface area contributed by atoms with Gasteiger partial charge < -0.3 is 20.1 Å². The zero-order chi connectivity index (χ0) is 15.1. The quantitative estimate of drug-likeness (QED) is 0.674. The first-order valence-corrected chi connectivity index (χ1v) is 7.09. The molecule has 114 valence electrons. The number of hydrogen-bond donors (Lipinski definition) is 3. The van der Waals surface area contributed by atoms with Crippen molar-refractivity contribution in [2.75, 3.05) is 13.2 Å². The highest BCUT2D eigenvalue weighted by atomic mass is 16.5. The molecule has 5 heteroatoms. The fraction of sp³-hybridized carbons (Fsp3) is 0.438. The van der Waals surface area contributed by atoms with E-state index in [0.717, 1.165) is 0 Å². The van der Waals surface area contributed by atoms with Crippen molar-refractivity contribution < 1.29 is 20.1 Å². The van der Waals surface area contributed by atoms with E-state index in [2.05, 4.69) is 4.99 Å². The van der Waals surface area contributed by atoms with Crippen molar-refractivity contribution in [2.45, 2.75) is 30.9 Å². The Bertz CT molecular complexity index is 500. The fourth-order valence-electron chi connectivity index (χ4n) is 2.48. The van der Waals surface area contributed by atoms with Crippen LogP contribution < -0.4 is 4.74 Å². The van der Waals surface area contributed by atoms with Gasteiger partial charge in [-0.3, -0.25) is 4.99 Å². The zero-order valence-electron chi connectivity index (χ0n) is 11.9. The van der Waals surface area contributed by atoms with Crippen molar-refractivity contribution in [3.63, 3.8) is 0 Å². The van der Waals surface area contributed by atoms with Crippen molar-refractivity contribution >= 4 is 6.21 Å². The van der Waals surface area contributed by atoms with Crippen LogP contribution in [0.25, 0.3) is 0 Å². The Balaban J connectivity index is 2.17. The Morgan fingerprint density at radius 2 is 1.95 bits per heavy atom. The lowest BCUT2D eigenvalue weighted by atomic mass is 9.86. The summed E-state index contributed by atoms with van der Waals surface area (Å²) in [5.41, 5.74) is -0.722. The lowest BCUT2D eigenvalue weighted by molar-refractivity contribution is 0.0654. The summed E-state index contributed by atoms with van der Waals surface area (Å²) in [6, 6.07) is 9.35. The van der Waals surface area contributed by atoms with Crippen LogP contribution in [0.4, 0.5) is 0 Å². The summed E-state index contributed by atoms with van der Waals surface area (Å²) in [5, 5.41) is 28.0. The van der Waals surface area contributed by atoms with Crippen LogP contribution in [0.1, 0.15) is 19.3 Å². The molecule has 0 fully saturated rings. The summed E-state index contributed by atoms with van der Waals surface area (Å²) in [7, 11) is 0. The minimum atomic E-state index is -0.873. The number of rotatable bonds is 8. The van der Waals surface area contributed by atoms with E-state index in [4.69, 9.17) is 14.9 Å². The molecule has 2 unspecified atom stereocenters. The van der Waals surface area contributed by atoms with E-state index in [9.17, 15) is 5.11 Å². The van der Waals surface area contributed by atoms with Crippen molar-refractivity contribution in [1.82, 2.24) is 0 Å². The maximum absolute atomic E-state index is 9.80. The predicted molar refractivity (Wildman–Crippen MR) is 80.4 cm³/mol. The fourth-order valence-corrected chi connectivity index (χ4v) is 2.48. The lowest BCUT2D eigenvalue weighted by Crippen LogP contribution is -2.36. The van der Waals surface area contributed by atoms with Crippen molar-refractivity contribution in [1.29, 1.82) is 0 Å². The summed E-state index contributed by atoms with van der Waals surface area (Å²) in [6.45, 7) is -0.278. The average Bonchev–Trinajstić information content (AvgIpc) is 2.89. The highest BCUT2D eigenvalue weighted by molar-refractivity contribution is 5.76. The van der Waals surface area contributed by atoms with Gasteiger partial charge in [-0.25, -0.2) is 0 Å². The smallest absolute Gasteiger partial charge is 0.133 e. The molecule has 0 aliphatic carbocycles. The maximum Gasteiger partial charge on any atom is 0.133 e. The van der Waals surface area contributed by atoms with Crippen LogP contribution in [-0.4, -0.2) is 46.4 Å². The van der Waals surface area contributed by atoms with E-state index in [1.54, 1.807) is 12.3 Å². The number of ether oxygens (including phenoxy) is 1. The van der Waals surface area contributed by atoms with Crippen molar-refractivity contribution in [3.8, 4) is 5.75 Å². The van der Waals surface area contributed by atoms with Gasteiger partial charge in [-0.2, -0.15) is 0 Å². The van der Waals surface area contributed by atoms with E-state index in [1.807, 2.05) is 30.3 Å². The van der Waals surface area contributed by atoms with Gasteiger partial charge in [0, 0.05) is 19.2 Å². The number of aliphatic hydroxyl groups is 3. The number of para-hydroxylation sites is 1. The van der Waals surface area contributed by atoms with Gasteiger partial charge in [-0.05, 0) is 31.1 Å². The van der Waals surface area contributed by atoms with Gasteiger partial charge in [0.05, 0.1) is 12.7 Å². The lowest BCUT2D eigenvalue weighted by Gasteiger charge is -2.31. The first-order valence-electron chi connectivity index (χ1n) is 7.09. The van der Waals surface area contributed by atoms with Crippen LogP contribution in [0.15, 0.2) is 47.2 Å². The van der Waals surface area contributed by atoms with Crippen LogP contribution in [0.5, 0.6) is 5.75 Å². The normalized spacial score (nSPS) is 22.1. The molecule has 0 saturated carbocycles. The molecule has 1 aliphatic rings.